The summed E-state index contributed by atoms with van der Waals surface area (Å²) in [4.78, 5) is 2.39. The molecule has 0 saturated carbocycles. The van der Waals surface area contributed by atoms with E-state index in [9.17, 15) is 0 Å². The lowest BCUT2D eigenvalue weighted by Crippen LogP contribution is -2.16. The Kier molecular flexibility index (Phi) is 8.56. The quantitative estimate of drug-likeness (QED) is 0.159. The maximum Gasteiger partial charge on any atom is 0.143 e. The molecule has 0 amide bonds. The molecule has 0 bridgehead atoms. The Morgan fingerprint density at radius 2 is 0.955 bits per heavy atom. The molecule has 13 rings (SSSR count). The van der Waals surface area contributed by atoms with Crippen LogP contribution in [0.25, 0.3) is 93.9 Å². The topological polar surface area (TPSA) is 21.3 Å². The molecule has 312 valence electrons. The third-order valence-corrected chi connectivity index (χ3v) is 14.0. The van der Waals surface area contributed by atoms with Crippen LogP contribution in [0.4, 0.5) is 17.1 Å². The summed E-state index contributed by atoms with van der Waals surface area (Å²) >= 11 is 0. The average molecular weight is 845 g/mol. The van der Waals surface area contributed by atoms with Gasteiger partial charge in [0, 0.05) is 55.3 Å². The summed E-state index contributed by atoms with van der Waals surface area (Å²) in [5.41, 5.74) is 20.7. The van der Waals surface area contributed by atoms with E-state index in [-0.39, 0.29) is 5.41 Å². The number of furan rings is 1. The van der Waals surface area contributed by atoms with E-state index < -0.39 is 0 Å². The Morgan fingerprint density at radius 3 is 1.74 bits per heavy atom. The molecule has 1 aliphatic rings. The van der Waals surface area contributed by atoms with E-state index >= 15 is 0 Å². The Labute approximate surface area is 384 Å². The first-order valence-corrected chi connectivity index (χ1v) is 22.8. The summed E-state index contributed by atoms with van der Waals surface area (Å²) in [7, 11) is 0. The van der Waals surface area contributed by atoms with E-state index in [0.29, 0.717) is 0 Å². The van der Waals surface area contributed by atoms with Crippen LogP contribution < -0.4 is 4.90 Å². The van der Waals surface area contributed by atoms with Gasteiger partial charge in [-0.05, 0) is 129 Å². The molecule has 3 nitrogen and oxygen atoms in total. The second-order valence-electron chi connectivity index (χ2n) is 18.1. The van der Waals surface area contributed by atoms with Crippen LogP contribution in [0.1, 0.15) is 25.0 Å². The van der Waals surface area contributed by atoms with Crippen LogP contribution >= 0.6 is 0 Å². The minimum atomic E-state index is -0.125. The lowest BCUT2D eigenvalue weighted by molar-refractivity contribution is 0.660. The first-order valence-electron chi connectivity index (χ1n) is 22.8. The van der Waals surface area contributed by atoms with Gasteiger partial charge in [-0.2, -0.15) is 0 Å². The zero-order chi connectivity index (χ0) is 43.9. The summed E-state index contributed by atoms with van der Waals surface area (Å²) in [5, 5.41) is 4.70. The molecular formula is C63H44N2O. The summed E-state index contributed by atoms with van der Waals surface area (Å²) in [5.74, 6) is 0. The van der Waals surface area contributed by atoms with Crippen LogP contribution in [0.5, 0.6) is 0 Å². The van der Waals surface area contributed by atoms with Crippen molar-refractivity contribution in [3.8, 4) is 50.2 Å². The molecule has 66 heavy (non-hydrogen) atoms. The van der Waals surface area contributed by atoms with Crippen LogP contribution in [0.3, 0.4) is 0 Å². The number of fused-ring (bicyclic) bond motifs is 9. The monoisotopic (exact) mass is 844 g/mol. The molecule has 0 atom stereocenters. The maximum atomic E-state index is 6.75. The van der Waals surface area contributed by atoms with E-state index in [1.54, 1.807) is 0 Å². The van der Waals surface area contributed by atoms with Gasteiger partial charge in [0.2, 0.25) is 0 Å². The van der Waals surface area contributed by atoms with Crippen LogP contribution in [0, 0.1) is 0 Å². The fourth-order valence-corrected chi connectivity index (χ4v) is 10.7. The molecule has 0 saturated heterocycles. The first kappa shape index (κ1) is 38.1. The molecule has 0 aliphatic heterocycles. The average Bonchev–Trinajstić information content (AvgIpc) is 4.00. The zero-order valence-corrected chi connectivity index (χ0v) is 36.7. The number of benzene rings is 10. The largest absolute Gasteiger partial charge is 0.455 e. The highest BCUT2D eigenvalue weighted by molar-refractivity contribution is 6.13. The molecular weight excluding hydrogens is 801 g/mol. The zero-order valence-electron chi connectivity index (χ0n) is 36.7. The van der Waals surface area contributed by atoms with Gasteiger partial charge in [-0.15, -0.1) is 0 Å². The smallest absolute Gasteiger partial charge is 0.143 e. The lowest BCUT2D eigenvalue weighted by Gasteiger charge is -2.28. The van der Waals surface area contributed by atoms with Crippen LogP contribution in [-0.4, -0.2) is 4.57 Å². The molecule has 12 aromatic rings. The standard InChI is InChI=1S/C63H44N2O/c1-63(2)57-22-12-9-19-50(57)51-36-34-49(40-58(51)63)64(47-30-25-42(26-31-47)41-15-5-3-6-16-41)48-32-27-43(28-33-48)55-37-45(38-56-54-21-11-14-24-61(54)66-62(55)56)44-29-35-53-52-20-10-13-23-59(52)65(60(53)39-44)46-17-7-4-8-18-46/h3-40H,1-2H3. The number of rotatable bonds is 7. The molecule has 3 heteroatoms. The molecule has 2 aromatic heterocycles. The predicted molar refractivity (Wildman–Crippen MR) is 277 cm³/mol. The van der Waals surface area contributed by atoms with Crippen molar-refractivity contribution in [2.45, 2.75) is 19.3 Å². The fraction of sp³-hybridized carbons (Fsp3) is 0.0476. The highest BCUT2D eigenvalue weighted by Crippen LogP contribution is 2.51. The first-order chi connectivity index (χ1) is 32.5. The van der Waals surface area contributed by atoms with E-state index in [4.69, 9.17) is 4.42 Å². The van der Waals surface area contributed by atoms with Crippen molar-refractivity contribution in [1.29, 1.82) is 0 Å². The van der Waals surface area contributed by atoms with Gasteiger partial charge in [0.25, 0.3) is 0 Å². The SMILES string of the molecule is CC1(C)c2ccccc2-c2ccc(N(c3ccc(-c4ccccc4)cc3)c3ccc(-c4cc(-c5ccc6c7ccccc7n(-c7ccccc7)c6c5)cc5c4oc4ccccc45)cc3)cc21. The second kappa shape index (κ2) is 14.8. The van der Waals surface area contributed by atoms with Crippen LogP contribution in [0.2, 0.25) is 0 Å². The molecule has 0 N–H and O–H groups in total. The van der Waals surface area contributed by atoms with Gasteiger partial charge in [0.1, 0.15) is 11.2 Å². The third kappa shape index (κ3) is 5.97. The van der Waals surface area contributed by atoms with Gasteiger partial charge in [0.05, 0.1) is 11.0 Å². The van der Waals surface area contributed by atoms with E-state index in [1.807, 2.05) is 0 Å². The van der Waals surface area contributed by atoms with E-state index in [2.05, 4.69) is 254 Å². The molecule has 1 aliphatic carbocycles. The van der Waals surface area contributed by atoms with Crippen molar-refractivity contribution >= 4 is 60.8 Å². The van der Waals surface area contributed by atoms with Gasteiger partial charge in [-0.1, -0.05) is 166 Å². The Hall–Kier alpha value is -8.40. The van der Waals surface area contributed by atoms with Crippen molar-refractivity contribution in [3.63, 3.8) is 0 Å². The summed E-state index contributed by atoms with van der Waals surface area (Å²) in [6.45, 7) is 4.70. The maximum absolute atomic E-state index is 6.75. The number of anilines is 3. The third-order valence-electron chi connectivity index (χ3n) is 14.0. The fourth-order valence-electron chi connectivity index (χ4n) is 10.7. The summed E-state index contributed by atoms with van der Waals surface area (Å²) in [6.07, 6.45) is 0. The van der Waals surface area contributed by atoms with Crippen LogP contribution in [-0.2, 0) is 5.41 Å². The van der Waals surface area contributed by atoms with Gasteiger partial charge in [0.15, 0.2) is 0 Å². The van der Waals surface area contributed by atoms with Gasteiger partial charge < -0.3 is 13.9 Å². The predicted octanol–water partition coefficient (Wildman–Crippen LogP) is 17.5. The Bertz CT molecular complexity index is 3820. The second-order valence-corrected chi connectivity index (χ2v) is 18.1. The molecule has 0 spiro atoms. The minimum Gasteiger partial charge on any atom is -0.455 e. The van der Waals surface area contributed by atoms with Gasteiger partial charge >= 0.3 is 0 Å². The number of hydrogen-bond donors (Lipinski definition) is 0. The number of hydrogen-bond acceptors (Lipinski definition) is 2. The highest BCUT2D eigenvalue weighted by Gasteiger charge is 2.35. The summed E-state index contributed by atoms with van der Waals surface area (Å²) < 4.78 is 9.14. The number of aromatic nitrogens is 1. The molecule has 0 radical (unpaired) electrons. The molecule has 2 heterocycles. The number of nitrogens with zero attached hydrogens (tertiary/aromatic N) is 2. The highest BCUT2D eigenvalue weighted by atomic mass is 16.3. The Balaban J connectivity index is 0.958. The minimum absolute atomic E-state index is 0.125. The van der Waals surface area contributed by atoms with Crippen molar-refractivity contribution in [2.75, 3.05) is 4.90 Å². The summed E-state index contributed by atoms with van der Waals surface area (Å²) in [6, 6.07) is 83.8. The number of para-hydroxylation sites is 3. The Morgan fingerprint density at radius 1 is 0.364 bits per heavy atom. The van der Waals surface area contributed by atoms with E-state index in [1.165, 1.54) is 55.2 Å². The van der Waals surface area contributed by atoms with Crippen molar-refractivity contribution in [3.05, 3.63) is 242 Å². The molecule has 0 unspecified atom stereocenters. The molecule has 10 aromatic carbocycles. The molecule has 0 fully saturated rings. The van der Waals surface area contributed by atoms with Gasteiger partial charge in [-0.25, -0.2) is 0 Å². The van der Waals surface area contributed by atoms with Crippen molar-refractivity contribution in [2.24, 2.45) is 0 Å². The van der Waals surface area contributed by atoms with Crippen molar-refractivity contribution < 1.29 is 4.42 Å². The van der Waals surface area contributed by atoms with E-state index in [0.717, 1.165) is 66.9 Å². The normalized spacial score (nSPS) is 12.8. The van der Waals surface area contributed by atoms with Crippen molar-refractivity contribution in [1.82, 2.24) is 4.57 Å². The lowest BCUT2D eigenvalue weighted by atomic mass is 9.82. The van der Waals surface area contributed by atoms with Gasteiger partial charge in [-0.3, -0.25) is 0 Å². The van der Waals surface area contributed by atoms with Crippen LogP contribution in [0.15, 0.2) is 235 Å².